The molecule has 9 nitrogen and oxygen atoms in total. The van der Waals surface area contributed by atoms with Crippen LogP contribution in [0.25, 0.3) is 38.8 Å². The molecular formula is C28H25F3N6O3. The summed E-state index contributed by atoms with van der Waals surface area (Å²) < 4.78 is 44.6. The van der Waals surface area contributed by atoms with Gasteiger partial charge >= 0.3 is 17.8 Å². The third-order valence-corrected chi connectivity index (χ3v) is 6.92. The third-order valence-electron chi connectivity index (χ3n) is 6.92. The highest BCUT2D eigenvalue weighted by Crippen LogP contribution is 2.37. The molecule has 0 aliphatic carbocycles. The van der Waals surface area contributed by atoms with Gasteiger partial charge in [-0.3, -0.25) is 9.47 Å². The molecule has 40 heavy (non-hydrogen) atoms. The highest BCUT2D eigenvalue weighted by Gasteiger charge is 2.43. The van der Waals surface area contributed by atoms with Crippen LogP contribution in [0.3, 0.4) is 0 Å². The highest BCUT2D eigenvalue weighted by molar-refractivity contribution is 5.98. The minimum absolute atomic E-state index is 0.00221. The lowest BCUT2D eigenvalue weighted by atomic mass is 10.1. The Bertz CT molecular complexity index is 1870. The van der Waals surface area contributed by atoms with Crippen molar-refractivity contribution < 1.29 is 22.8 Å². The Morgan fingerprint density at radius 3 is 2.27 bits per heavy atom. The summed E-state index contributed by atoms with van der Waals surface area (Å²) in [7, 11) is 5.60. The Hall–Kier alpha value is -4.76. The minimum Gasteiger partial charge on any atom is -0.348 e. The van der Waals surface area contributed by atoms with Crippen LogP contribution in [0.4, 0.5) is 13.2 Å². The molecule has 0 N–H and O–H groups in total. The van der Waals surface area contributed by atoms with Crippen LogP contribution in [-0.2, 0) is 11.8 Å². The minimum atomic E-state index is -5.38. The zero-order valence-corrected chi connectivity index (χ0v) is 22.1. The summed E-state index contributed by atoms with van der Waals surface area (Å²) in [5.74, 6) is -2.62. The summed E-state index contributed by atoms with van der Waals surface area (Å²) in [6.07, 6.45) is -1.36. The van der Waals surface area contributed by atoms with Gasteiger partial charge in [-0.1, -0.05) is 43.3 Å². The van der Waals surface area contributed by atoms with E-state index >= 15 is 0 Å². The molecule has 5 rings (SSSR count). The molecule has 0 aliphatic heterocycles. The lowest BCUT2D eigenvalue weighted by Gasteiger charge is -2.25. The number of nitriles is 1. The van der Waals surface area contributed by atoms with Crippen LogP contribution in [0.2, 0.25) is 0 Å². The molecule has 5 aromatic rings. The molecule has 0 bridgehead atoms. The number of benzene rings is 2. The summed E-state index contributed by atoms with van der Waals surface area (Å²) in [5, 5.41) is 11.5. The van der Waals surface area contributed by atoms with Crippen molar-refractivity contribution in [2.45, 2.75) is 25.7 Å². The Labute approximate surface area is 226 Å². The smallest absolute Gasteiger partial charge is 0.348 e. The second-order valence-corrected chi connectivity index (χ2v) is 9.56. The predicted octanol–water partition coefficient (Wildman–Crippen LogP) is 4.61. The molecule has 0 fully saturated rings. The molecule has 0 amide bonds. The first-order valence-electron chi connectivity index (χ1n) is 12.4. The number of halogens is 3. The molecule has 0 spiro atoms. The predicted molar refractivity (Wildman–Crippen MR) is 143 cm³/mol. The zero-order chi connectivity index (χ0) is 28.9. The number of aryl methyl sites for hydroxylation is 1. The van der Waals surface area contributed by atoms with E-state index in [1.807, 2.05) is 66.9 Å². The summed E-state index contributed by atoms with van der Waals surface area (Å²) in [5.41, 5.74) is 0.594. The molecule has 0 saturated heterocycles. The van der Waals surface area contributed by atoms with E-state index in [4.69, 9.17) is 0 Å². The number of carbonyl (C=O) groups is 1. The van der Waals surface area contributed by atoms with Gasteiger partial charge in [0.25, 0.3) is 0 Å². The topological polar surface area (TPSA) is 90.1 Å². The van der Waals surface area contributed by atoms with Gasteiger partial charge in [-0.2, -0.15) is 18.4 Å². The Morgan fingerprint density at radius 1 is 1.05 bits per heavy atom. The van der Waals surface area contributed by atoms with Crippen LogP contribution in [0, 0.1) is 11.3 Å². The van der Waals surface area contributed by atoms with Crippen LogP contribution in [0.15, 0.2) is 65.7 Å². The van der Waals surface area contributed by atoms with Gasteiger partial charge in [0.1, 0.15) is 6.07 Å². The van der Waals surface area contributed by atoms with Gasteiger partial charge in [0.2, 0.25) is 0 Å². The zero-order valence-electron chi connectivity index (χ0n) is 22.1. The van der Waals surface area contributed by atoms with Crippen molar-refractivity contribution in [2.75, 3.05) is 14.1 Å². The van der Waals surface area contributed by atoms with E-state index in [1.165, 1.54) is 0 Å². The largest absolute Gasteiger partial charge is 0.493 e. The standard InChI is InChI=1S/C28H25F3N6O3/c1-5-24(33(2)3)35-15-19(17-10-6-9-13-21(17)35)25-22(14-32)37(40-26(38)28(29,30)31)27(39)36(25)23-16-34(4)20-12-8-7-11-18(20)23/h6-13,15-16,24H,5H2,1-4H3. The van der Waals surface area contributed by atoms with Crippen molar-refractivity contribution >= 4 is 27.8 Å². The maximum absolute atomic E-state index is 13.8. The van der Waals surface area contributed by atoms with Crippen molar-refractivity contribution in [1.29, 1.82) is 5.26 Å². The van der Waals surface area contributed by atoms with E-state index in [2.05, 4.69) is 4.84 Å². The second kappa shape index (κ2) is 9.77. The molecule has 12 heteroatoms. The molecule has 1 unspecified atom stereocenters. The molecule has 0 saturated carbocycles. The SMILES string of the molecule is CCC(N(C)C)n1cc(-c2c(C#N)n(OC(=O)C(F)(F)F)c(=O)n2-c2cn(C)c3ccccc23)c2ccccc21. The molecule has 2 aromatic carbocycles. The summed E-state index contributed by atoms with van der Waals surface area (Å²) in [4.78, 5) is 32.2. The van der Waals surface area contributed by atoms with Crippen molar-refractivity contribution in [1.82, 2.24) is 23.3 Å². The molecule has 1 atom stereocenters. The van der Waals surface area contributed by atoms with Gasteiger partial charge in [-0.05, 0) is 32.6 Å². The number of fused-ring (bicyclic) bond motifs is 2. The van der Waals surface area contributed by atoms with E-state index in [1.54, 1.807) is 42.2 Å². The van der Waals surface area contributed by atoms with Crippen LogP contribution in [0.1, 0.15) is 25.2 Å². The summed E-state index contributed by atoms with van der Waals surface area (Å²) in [6.45, 7) is 2.01. The molecule has 3 aromatic heterocycles. The Balaban J connectivity index is 1.92. The number of hydrogen-bond donors (Lipinski definition) is 0. The number of alkyl halides is 3. The van der Waals surface area contributed by atoms with Gasteiger partial charge in [0, 0.05) is 41.3 Å². The monoisotopic (exact) mass is 550 g/mol. The first-order chi connectivity index (χ1) is 19.0. The van der Waals surface area contributed by atoms with Gasteiger partial charge in [-0.25, -0.2) is 9.59 Å². The highest BCUT2D eigenvalue weighted by atomic mass is 19.4. The fraction of sp³-hybridized carbons (Fsp3) is 0.250. The molecule has 206 valence electrons. The van der Waals surface area contributed by atoms with Crippen molar-refractivity contribution in [2.24, 2.45) is 7.05 Å². The van der Waals surface area contributed by atoms with Gasteiger partial charge in [0.15, 0.2) is 5.69 Å². The Kier molecular flexibility index (Phi) is 6.55. The summed E-state index contributed by atoms with van der Waals surface area (Å²) in [6, 6.07) is 16.3. The molecule has 3 heterocycles. The number of nitrogens with zero attached hydrogens (tertiary/aromatic N) is 6. The van der Waals surface area contributed by atoms with Crippen LogP contribution in [-0.4, -0.2) is 49.6 Å². The van der Waals surface area contributed by atoms with E-state index < -0.39 is 23.5 Å². The first-order valence-corrected chi connectivity index (χ1v) is 12.4. The molecule has 0 aliphatic rings. The van der Waals surface area contributed by atoms with Crippen LogP contribution < -0.4 is 10.5 Å². The van der Waals surface area contributed by atoms with E-state index in [0.717, 1.165) is 22.0 Å². The first kappa shape index (κ1) is 26.8. The molecular weight excluding hydrogens is 525 g/mol. The lowest BCUT2D eigenvalue weighted by Crippen LogP contribution is -2.39. The third kappa shape index (κ3) is 4.15. The number of para-hydroxylation sites is 2. The van der Waals surface area contributed by atoms with E-state index in [0.29, 0.717) is 22.0 Å². The quantitative estimate of drug-likeness (QED) is 0.308. The number of hydrogen-bond acceptors (Lipinski definition) is 5. The number of aromatic nitrogens is 4. The maximum atomic E-state index is 13.8. The average Bonchev–Trinajstić information content (AvgIpc) is 3.53. The maximum Gasteiger partial charge on any atom is 0.493 e. The number of rotatable bonds is 6. The Morgan fingerprint density at radius 2 is 1.68 bits per heavy atom. The van der Waals surface area contributed by atoms with Crippen LogP contribution in [0.5, 0.6) is 0 Å². The van der Waals surface area contributed by atoms with Crippen molar-refractivity contribution in [3.8, 4) is 23.0 Å². The summed E-state index contributed by atoms with van der Waals surface area (Å²) >= 11 is 0. The van der Waals surface area contributed by atoms with Gasteiger partial charge in [-0.15, -0.1) is 4.73 Å². The van der Waals surface area contributed by atoms with Crippen molar-refractivity contribution in [3.63, 3.8) is 0 Å². The van der Waals surface area contributed by atoms with Gasteiger partial charge < -0.3 is 14.0 Å². The average molecular weight is 551 g/mol. The second-order valence-electron chi connectivity index (χ2n) is 9.56. The number of carbonyl (C=O) groups excluding carboxylic acids is 1. The fourth-order valence-electron chi connectivity index (χ4n) is 5.22. The van der Waals surface area contributed by atoms with E-state index in [9.17, 15) is 28.0 Å². The normalized spacial score (nSPS) is 12.8. The van der Waals surface area contributed by atoms with Crippen molar-refractivity contribution in [3.05, 3.63) is 77.1 Å². The lowest BCUT2D eigenvalue weighted by molar-refractivity contribution is -0.200. The van der Waals surface area contributed by atoms with Crippen LogP contribution >= 0.6 is 0 Å². The number of imidazole rings is 1. The molecule has 0 radical (unpaired) electrons. The van der Waals surface area contributed by atoms with E-state index in [-0.39, 0.29) is 16.6 Å². The fourth-order valence-corrected chi connectivity index (χ4v) is 5.22. The van der Waals surface area contributed by atoms with Gasteiger partial charge in [0.05, 0.1) is 23.1 Å².